The summed E-state index contributed by atoms with van der Waals surface area (Å²) in [6.07, 6.45) is 1.62. The van der Waals surface area contributed by atoms with Crippen molar-refractivity contribution >= 4 is 21.6 Å². The third-order valence-electron chi connectivity index (χ3n) is 4.02. The van der Waals surface area contributed by atoms with Crippen molar-refractivity contribution in [3.63, 3.8) is 0 Å². The van der Waals surface area contributed by atoms with E-state index >= 15 is 0 Å². The Morgan fingerprint density at radius 3 is 2.48 bits per heavy atom. The quantitative estimate of drug-likeness (QED) is 0.799. The van der Waals surface area contributed by atoms with Crippen LogP contribution in [0.5, 0.6) is 0 Å². The highest BCUT2D eigenvalue weighted by Crippen LogP contribution is 2.40. The Kier molecular flexibility index (Phi) is 4.45. The summed E-state index contributed by atoms with van der Waals surface area (Å²) in [5, 5.41) is 0.528. The average molecular weight is 354 g/mol. The van der Waals surface area contributed by atoms with Gasteiger partial charge in [0.1, 0.15) is 5.82 Å². The molecule has 0 heterocycles. The van der Waals surface area contributed by atoms with Crippen molar-refractivity contribution in [3.05, 3.63) is 64.9 Å². The zero-order chi connectivity index (χ0) is 16.6. The average Bonchev–Trinajstić information content (AvgIpc) is 3.32. The molecule has 0 saturated heterocycles. The Bertz CT molecular complexity index is 821. The molecular weight excluding hydrogens is 337 g/mol. The van der Waals surface area contributed by atoms with E-state index in [0.29, 0.717) is 5.02 Å². The van der Waals surface area contributed by atoms with Crippen molar-refractivity contribution in [2.45, 2.75) is 36.7 Å². The summed E-state index contributed by atoms with van der Waals surface area (Å²) in [5.74, 6) is -0.563. The molecule has 0 N–H and O–H groups in total. The lowest BCUT2D eigenvalue weighted by Crippen LogP contribution is -2.35. The Labute approximate surface area is 140 Å². The molecule has 1 aliphatic rings. The van der Waals surface area contributed by atoms with E-state index < -0.39 is 21.9 Å². The fraction of sp³-hybridized carbons (Fsp3) is 0.294. The monoisotopic (exact) mass is 353 g/mol. The van der Waals surface area contributed by atoms with Gasteiger partial charge in [-0.1, -0.05) is 35.9 Å². The summed E-state index contributed by atoms with van der Waals surface area (Å²) in [6, 6.07) is 11.9. The van der Waals surface area contributed by atoms with E-state index in [1.54, 1.807) is 12.1 Å². The molecule has 0 aliphatic heterocycles. The first-order chi connectivity index (χ1) is 10.9. The fourth-order valence-corrected chi connectivity index (χ4v) is 4.93. The second-order valence-corrected chi connectivity index (χ2v) is 7.97. The summed E-state index contributed by atoms with van der Waals surface area (Å²) in [6.45, 7) is 1.82. The number of halogens is 2. The maximum atomic E-state index is 13.5. The van der Waals surface area contributed by atoms with Crippen LogP contribution in [0, 0.1) is 5.82 Å². The molecule has 1 aliphatic carbocycles. The van der Waals surface area contributed by atoms with Gasteiger partial charge in [-0.3, -0.25) is 0 Å². The standard InChI is InChI=1S/C17H17ClFNO2S/c1-12(16-7-2-3-8-17(16)18)20(14-9-10-14)23(21,22)15-6-4-5-13(19)11-15/h2-8,11-12,14H,9-10H2,1H3/t12-/m1/s1. The summed E-state index contributed by atoms with van der Waals surface area (Å²) >= 11 is 6.23. The van der Waals surface area contributed by atoms with Crippen molar-refractivity contribution in [1.29, 1.82) is 0 Å². The van der Waals surface area contributed by atoms with Crippen molar-refractivity contribution in [2.75, 3.05) is 0 Å². The molecule has 0 aromatic heterocycles. The smallest absolute Gasteiger partial charge is 0.207 e. The normalized spacial score (nSPS) is 16.5. The Morgan fingerprint density at radius 2 is 1.87 bits per heavy atom. The van der Waals surface area contributed by atoms with Crippen LogP contribution in [0.4, 0.5) is 4.39 Å². The van der Waals surface area contributed by atoms with Gasteiger partial charge in [-0.2, -0.15) is 4.31 Å². The van der Waals surface area contributed by atoms with E-state index in [0.717, 1.165) is 24.5 Å². The third-order valence-corrected chi connectivity index (χ3v) is 6.38. The lowest BCUT2D eigenvalue weighted by molar-refractivity contribution is 0.334. The van der Waals surface area contributed by atoms with Crippen molar-refractivity contribution in [2.24, 2.45) is 0 Å². The van der Waals surface area contributed by atoms with Gasteiger partial charge in [0.15, 0.2) is 0 Å². The first kappa shape index (κ1) is 16.4. The number of hydrogen-bond donors (Lipinski definition) is 0. The lowest BCUT2D eigenvalue weighted by Gasteiger charge is -2.29. The van der Waals surface area contributed by atoms with E-state index in [4.69, 9.17) is 11.6 Å². The number of benzene rings is 2. The predicted molar refractivity (Wildman–Crippen MR) is 88.3 cm³/mol. The number of nitrogens with zero attached hydrogens (tertiary/aromatic N) is 1. The lowest BCUT2D eigenvalue weighted by atomic mass is 10.1. The molecule has 1 atom stereocenters. The highest BCUT2D eigenvalue weighted by molar-refractivity contribution is 7.89. The van der Waals surface area contributed by atoms with Crippen LogP contribution in [0.15, 0.2) is 53.4 Å². The predicted octanol–water partition coefficient (Wildman–Crippen LogP) is 4.39. The van der Waals surface area contributed by atoms with E-state index in [1.165, 1.54) is 22.5 Å². The molecule has 0 spiro atoms. The van der Waals surface area contributed by atoms with Crippen LogP contribution in [-0.4, -0.2) is 18.8 Å². The number of sulfonamides is 1. The highest BCUT2D eigenvalue weighted by Gasteiger charge is 2.42. The molecule has 2 aromatic rings. The number of hydrogen-bond acceptors (Lipinski definition) is 2. The van der Waals surface area contributed by atoms with Crippen LogP contribution in [0.25, 0.3) is 0 Å². The largest absolute Gasteiger partial charge is 0.243 e. The van der Waals surface area contributed by atoms with Gasteiger partial charge >= 0.3 is 0 Å². The molecule has 1 saturated carbocycles. The summed E-state index contributed by atoms with van der Waals surface area (Å²) in [5.41, 5.74) is 0.751. The van der Waals surface area contributed by atoms with Gasteiger partial charge in [-0.05, 0) is 49.6 Å². The van der Waals surface area contributed by atoms with Crippen LogP contribution in [0.3, 0.4) is 0 Å². The summed E-state index contributed by atoms with van der Waals surface area (Å²) in [7, 11) is -3.79. The van der Waals surface area contributed by atoms with Crippen LogP contribution in [0.1, 0.15) is 31.4 Å². The minimum atomic E-state index is -3.79. The number of rotatable bonds is 5. The topological polar surface area (TPSA) is 37.4 Å². The van der Waals surface area contributed by atoms with Gasteiger partial charge in [-0.15, -0.1) is 0 Å². The molecule has 122 valence electrons. The maximum absolute atomic E-state index is 13.5. The first-order valence-electron chi connectivity index (χ1n) is 7.45. The molecule has 3 nitrogen and oxygen atoms in total. The van der Waals surface area contributed by atoms with Crippen molar-refractivity contribution in [3.8, 4) is 0 Å². The van der Waals surface area contributed by atoms with E-state index in [-0.39, 0.29) is 10.9 Å². The zero-order valence-corrected chi connectivity index (χ0v) is 14.2. The van der Waals surface area contributed by atoms with Crippen LogP contribution >= 0.6 is 11.6 Å². The van der Waals surface area contributed by atoms with Crippen molar-refractivity contribution < 1.29 is 12.8 Å². The molecule has 0 bridgehead atoms. The van der Waals surface area contributed by atoms with Crippen LogP contribution in [-0.2, 0) is 10.0 Å². The van der Waals surface area contributed by atoms with Gasteiger partial charge in [0.05, 0.1) is 4.90 Å². The minimum absolute atomic E-state index is 0.0247. The fourth-order valence-electron chi connectivity index (χ4n) is 2.75. The molecule has 23 heavy (non-hydrogen) atoms. The zero-order valence-electron chi connectivity index (χ0n) is 12.6. The van der Waals surface area contributed by atoms with Crippen LogP contribution in [0.2, 0.25) is 5.02 Å². The highest BCUT2D eigenvalue weighted by atomic mass is 35.5. The molecule has 2 aromatic carbocycles. The Balaban J connectivity index is 2.04. The van der Waals surface area contributed by atoms with E-state index in [9.17, 15) is 12.8 Å². The molecule has 0 amide bonds. The summed E-state index contributed by atoms with van der Waals surface area (Å²) < 4.78 is 40.9. The van der Waals surface area contributed by atoms with Crippen LogP contribution < -0.4 is 0 Å². The minimum Gasteiger partial charge on any atom is -0.207 e. The molecule has 6 heteroatoms. The molecule has 1 fully saturated rings. The van der Waals surface area contributed by atoms with Crippen molar-refractivity contribution in [1.82, 2.24) is 4.31 Å². The third kappa shape index (κ3) is 3.27. The van der Waals surface area contributed by atoms with Gasteiger partial charge in [0.2, 0.25) is 10.0 Å². The summed E-state index contributed by atoms with van der Waals surface area (Å²) in [4.78, 5) is -0.0247. The van der Waals surface area contributed by atoms with Gasteiger partial charge in [0, 0.05) is 17.1 Å². The molecule has 3 rings (SSSR count). The van der Waals surface area contributed by atoms with Gasteiger partial charge < -0.3 is 0 Å². The molecule has 0 unspecified atom stereocenters. The van der Waals surface area contributed by atoms with Gasteiger partial charge in [0.25, 0.3) is 0 Å². The molecule has 0 radical (unpaired) electrons. The SMILES string of the molecule is C[C@H](c1ccccc1Cl)N(C1CC1)S(=O)(=O)c1cccc(F)c1. The maximum Gasteiger partial charge on any atom is 0.243 e. The van der Waals surface area contributed by atoms with E-state index in [1.807, 2.05) is 19.1 Å². The second kappa shape index (κ2) is 6.23. The Morgan fingerprint density at radius 1 is 1.17 bits per heavy atom. The van der Waals surface area contributed by atoms with E-state index in [2.05, 4.69) is 0 Å². The second-order valence-electron chi connectivity index (χ2n) is 5.72. The Hall–Kier alpha value is -1.43. The molecular formula is C17H17ClFNO2S. The van der Waals surface area contributed by atoms with Gasteiger partial charge in [-0.25, -0.2) is 12.8 Å². The first-order valence-corrected chi connectivity index (χ1v) is 9.26.